The highest BCUT2D eigenvalue weighted by Crippen LogP contribution is 2.26. The number of benzene rings is 1. The van der Waals surface area contributed by atoms with E-state index < -0.39 is 0 Å². The molecule has 1 unspecified atom stereocenters. The lowest BCUT2D eigenvalue weighted by molar-refractivity contribution is 0.0607. The Kier molecular flexibility index (Phi) is 4.44. The Morgan fingerprint density at radius 3 is 2.94 bits per heavy atom. The summed E-state index contributed by atoms with van der Waals surface area (Å²) in [6.07, 6.45) is 4.57. The van der Waals surface area contributed by atoms with Crippen LogP contribution in [0.15, 0.2) is 22.7 Å². The first-order chi connectivity index (χ1) is 8.65. The lowest BCUT2D eigenvalue weighted by Crippen LogP contribution is -2.43. The van der Waals surface area contributed by atoms with E-state index in [4.69, 9.17) is 0 Å². The molecule has 1 amide bonds. The van der Waals surface area contributed by atoms with Gasteiger partial charge < -0.3 is 4.90 Å². The molecule has 1 aliphatic heterocycles. The predicted octanol–water partition coefficient (Wildman–Crippen LogP) is 4.16. The molecule has 0 saturated carbocycles. The molecule has 1 heterocycles. The summed E-state index contributed by atoms with van der Waals surface area (Å²) in [4.78, 5) is 14.7. The molecule has 1 fully saturated rings. The number of nitrogens with zero attached hydrogens (tertiary/aromatic N) is 1. The molecule has 18 heavy (non-hydrogen) atoms. The van der Waals surface area contributed by atoms with Crippen LogP contribution < -0.4 is 0 Å². The third-order valence-electron chi connectivity index (χ3n) is 3.78. The van der Waals surface area contributed by atoms with E-state index in [9.17, 15) is 4.79 Å². The average molecular weight is 310 g/mol. The van der Waals surface area contributed by atoms with E-state index >= 15 is 0 Å². The molecule has 1 aromatic rings. The van der Waals surface area contributed by atoms with E-state index in [1.165, 1.54) is 6.42 Å². The number of carbonyl (C=O) groups is 1. The van der Waals surface area contributed by atoms with Crippen molar-refractivity contribution in [2.24, 2.45) is 0 Å². The standard InChI is InChI=1S/C15H20BrNO/c1-3-12-8-4-5-10-17(12)15(18)13-9-6-7-11(2)14(13)16/h6-7,9,12H,3-5,8,10H2,1-2H3. The second kappa shape index (κ2) is 5.87. The molecule has 1 aliphatic rings. The Morgan fingerprint density at radius 1 is 1.44 bits per heavy atom. The lowest BCUT2D eigenvalue weighted by Gasteiger charge is -2.35. The number of rotatable bonds is 2. The molecular weight excluding hydrogens is 290 g/mol. The highest BCUT2D eigenvalue weighted by molar-refractivity contribution is 9.10. The van der Waals surface area contributed by atoms with Crippen LogP contribution in [0, 0.1) is 6.92 Å². The van der Waals surface area contributed by atoms with Crippen molar-refractivity contribution in [2.45, 2.75) is 45.6 Å². The Hall–Kier alpha value is -0.830. The molecule has 0 radical (unpaired) electrons. The number of aryl methyl sites for hydroxylation is 1. The largest absolute Gasteiger partial charge is 0.336 e. The van der Waals surface area contributed by atoms with Crippen molar-refractivity contribution in [1.29, 1.82) is 0 Å². The zero-order chi connectivity index (χ0) is 13.1. The van der Waals surface area contributed by atoms with Crippen LogP contribution in [0.3, 0.4) is 0 Å². The van der Waals surface area contributed by atoms with Gasteiger partial charge in [0, 0.05) is 17.1 Å². The Bertz CT molecular complexity index is 444. The number of hydrogen-bond donors (Lipinski definition) is 0. The van der Waals surface area contributed by atoms with Gasteiger partial charge in [0.25, 0.3) is 5.91 Å². The van der Waals surface area contributed by atoms with Crippen molar-refractivity contribution in [3.8, 4) is 0 Å². The molecule has 1 saturated heterocycles. The lowest BCUT2D eigenvalue weighted by atomic mass is 9.98. The van der Waals surface area contributed by atoms with E-state index in [-0.39, 0.29) is 5.91 Å². The fourth-order valence-electron chi connectivity index (χ4n) is 2.66. The third kappa shape index (κ3) is 2.61. The van der Waals surface area contributed by atoms with Gasteiger partial charge in [0.2, 0.25) is 0 Å². The molecule has 1 aromatic carbocycles. The van der Waals surface area contributed by atoms with Crippen LogP contribution >= 0.6 is 15.9 Å². The number of hydrogen-bond acceptors (Lipinski definition) is 1. The van der Waals surface area contributed by atoms with Crippen LogP contribution in [0.5, 0.6) is 0 Å². The number of halogens is 1. The Morgan fingerprint density at radius 2 is 2.22 bits per heavy atom. The van der Waals surface area contributed by atoms with Gasteiger partial charge in [-0.15, -0.1) is 0 Å². The van der Waals surface area contributed by atoms with Crippen molar-refractivity contribution < 1.29 is 4.79 Å². The van der Waals surface area contributed by atoms with Gasteiger partial charge in [0.1, 0.15) is 0 Å². The van der Waals surface area contributed by atoms with Crippen molar-refractivity contribution in [3.63, 3.8) is 0 Å². The molecule has 2 rings (SSSR count). The van der Waals surface area contributed by atoms with Crippen molar-refractivity contribution in [3.05, 3.63) is 33.8 Å². The topological polar surface area (TPSA) is 20.3 Å². The fraction of sp³-hybridized carbons (Fsp3) is 0.533. The van der Waals surface area contributed by atoms with Crippen molar-refractivity contribution in [1.82, 2.24) is 4.90 Å². The summed E-state index contributed by atoms with van der Waals surface area (Å²) in [5.41, 5.74) is 1.92. The van der Waals surface area contributed by atoms with Crippen LogP contribution in [0.4, 0.5) is 0 Å². The van der Waals surface area contributed by atoms with E-state index in [1.807, 2.05) is 25.1 Å². The normalized spacial score (nSPS) is 19.9. The molecular formula is C15H20BrNO. The minimum atomic E-state index is 0.178. The summed E-state index contributed by atoms with van der Waals surface area (Å²) in [6, 6.07) is 6.31. The molecule has 3 heteroatoms. The quantitative estimate of drug-likeness (QED) is 0.803. The van der Waals surface area contributed by atoms with Gasteiger partial charge in [-0.25, -0.2) is 0 Å². The summed E-state index contributed by atoms with van der Waals surface area (Å²) < 4.78 is 0.940. The zero-order valence-corrected chi connectivity index (χ0v) is 12.7. The van der Waals surface area contributed by atoms with Crippen LogP contribution in [-0.2, 0) is 0 Å². The van der Waals surface area contributed by atoms with Gasteiger partial charge in [0.15, 0.2) is 0 Å². The molecule has 0 aromatic heterocycles. The van der Waals surface area contributed by atoms with Crippen LogP contribution in [0.2, 0.25) is 0 Å². The summed E-state index contributed by atoms with van der Waals surface area (Å²) in [7, 11) is 0. The molecule has 2 nitrogen and oxygen atoms in total. The van der Waals surface area contributed by atoms with Crippen molar-refractivity contribution in [2.75, 3.05) is 6.54 Å². The smallest absolute Gasteiger partial charge is 0.255 e. The summed E-state index contributed by atoms with van der Waals surface area (Å²) in [5.74, 6) is 0.178. The molecule has 98 valence electrons. The van der Waals surface area contributed by atoms with Gasteiger partial charge >= 0.3 is 0 Å². The van der Waals surface area contributed by atoms with Gasteiger partial charge in [-0.05, 0) is 60.2 Å². The maximum Gasteiger partial charge on any atom is 0.255 e. The molecule has 0 aliphatic carbocycles. The van der Waals surface area contributed by atoms with Crippen molar-refractivity contribution >= 4 is 21.8 Å². The minimum absolute atomic E-state index is 0.178. The molecule has 1 atom stereocenters. The maximum atomic E-state index is 12.6. The fourth-order valence-corrected chi connectivity index (χ4v) is 3.09. The molecule has 0 N–H and O–H groups in total. The Balaban J connectivity index is 2.27. The summed E-state index contributed by atoms with van der Waals surface area (Å²) >= 11 is 3.54. The summed E-state index contributed by atoms with van der Waals surface area (Å²) in [6.45, 7) is 5.09. The number of piperidine rings is 1. The maximum absolute atomic E-state index is 12.6. The van der Waals surface area contributed by atoms with E-state index in [0.717, 1.165) is 41.4 Å². The van der Waals surface area contributed by atoms with Crippen LogP contribution in [0.1, 0.15) is 48.5 Å². The predicted molar refractivity (Wildman–Crippen MR) is 77.8 cm³/mol. The van der Waals surface area contributed by atoms with E-state index in [1.54, 1.807) is 0 Å². The van der Waals surface area contributed by atoms with Gasteiger partial charge in [0.05, 0.1) is 5.56 Å². The number of amides is 1. The highest BCUT2D eigenvalue weighted by atomic mass is 79.9. The van der Waals surface area contributed by atoms with Gasteiger partial charge in [-0.3, -0.25) is 4.79 Å². The van der Waals surface area contributed by atoms with Crippen LogP contribution in [0.25, 0.3) is 0 Å². The zero-order valence-electron chi connectivity index (χ0n) is 11.1. The first-order valence-electron chi connectivity index (χ1n) is 6.71. The SMILES string of the molecule is CCC1CCCCN1C(=O)c1cccc(C)c1Br. The van der Waals surface area contributed by atoms with E-state index in [2.05, 4.69) is 27.8 Å². The summed E-state index contributed by atoms with van der Waals surface area (Å²) in [5, 5.41) is 0. The number of carbonyl (C=O) groups excluding carboxylic acids is 1. The first kappa shape index (κ1) is 13.6. The monoisotopic (exact) mass is 309 g/mol. The highest BCUT2D eigenvalue weighted by Gasteiger charge is 2.27. The average Bonchev–Trinajstić information content (AvgIpc) is 2.41. The minimum Gasteiger partial charge on any atom is -0.336 e. The first-order valence-corrected chi connectivity index (χ1v) is 7.50. The van der Waals surface area contributed by atoms with E-state index in [0.29, 0.717) is 6.04 Å². The molecule has 0 spiro atoms. The van der Waals surface area contributed by atoms with Gasteiger partial charge in [-0.2, -0.15) is 0 Å². The second-order valence-corrected chi connectivity index (χ2v) is 5.79. The van der Waals surface area contributed by atoms with Gasteiger partial charge in [-0.1, -0.05) is 19.1 Å². The third-order valence-corrected chi connectivity index (χ3v) is 4.83. The second-order valence-electron chi connectivity index (χ2n) is 4.99. The molecule has 0 bridgehead atoms. The Labute approximate surface area is 117 Å². The number of likely N-dealkylation sites (tertiary alicyclic amines) is 1. The van der Waals surface area contributed by atoms with Crippen LogP contribution in [-0.4, -0.2) is 23.4 Å².